The molecule has 7 rings (SSSR count). The molecule has 2 aromatic carbocycles. The van der Waals surface area contributed by atoms with E-state index in [2.05, 4.69) is 26.1 Å². The lowest BCUT2D eigenvalue weighted by atomic mass is 9.98. The molecule has 10 heteroatoms. The van der Waals surface area contributed by atoms with Crippen LogP contribution in [0.1, 0.15) is 46.1 Å². The van der Waals surface area contributed by atoms with Gasteiger partial charge in [0.15, 0.2) is 5.69 Å². The van der Waals surface area contributed by atoms with Gasteiger partial charge in [-0.15, -0.1) is 0 Å². The van der Waals surface area contributed by atoms with E-state index in [1.165, 1.54) is 18.3 Å². The number of hydrogen-bond acceptors (Lipinski definition) is 6. The summed E-state index contributed by atoms with van der Waals surface area (Å²) >= 11 is 0. The number of carbonyl (C=O) groups is 1. The first-order valence-electron chi connectivity index (χ1n) is 12.9. The molecule has 39 heavy (non-hydrogen) atoms. The number of alkyl halides is 3. The van der Waals surface area contributed by atoms with E-state index < -0.39 is 17.7 Å². The van der Waals surface area contributed by atoms with Gasteiger partial charge in [0.1, 0.15) is 11.5 Å². The molecule has 2 aliphatic carbocycles. The van der Waals surface area contributed by atoms with Crippen LogP contribution in [0.25, 0.3) is 28.4 Å². The molecule has 3 aliphatic rings. The summed E-state index contributed by atoms with van der Waals surface area (Å²) in [6, 6.07) is 11.2. The predicted octanol–water partition coefficient (Wildman–Crippen LogP) is 6.27. The summed E-state index contributed by atoms with van der Waals surface area (Å²) < 4.78 is 46.8. The van der Waals surface area contributed by atoms with Crippen LogP contribution in [-0.4, -0.2) is 39.3 Å². The first-order valence-corrected chi connectivity index (χ1v) is 12.9. The highest BCUT2D eigenvalue weighted by molar-refractivity contribution is 5.88. The lowest BCUT2D eigenvalue weighted by Gasteiger charge is -2.21. The maximum Gasteiger partial charge on any atom is 0.417 e. The lowest BCUT2D eigenvalue weighted by molar-refractivity contribution is -0.137. The minimum Gasteiger partial charge on any atom is -0.476 e. The number of rotatable bonds is 6. The number of aromatic nitrogens is 3. The minimum atomic E-state index is -4.49. The highest BCUT2D eigenvalue weighted by Crippen LogP contribution is 2.54. The third-order valence-corrected chi connectivity index (χ3v) is 8.05. The van der Waals surface area contributed by atoms with Gasteiger partial charge in [-0.1, -0.05) is 35.5 Å². The van der Waals surface area contributed by atoms with Crippen molar-refractivity contribution in [2.75, 3.05) is 18.0 Å². The molecule has 1 saturated heterocycles. The summed E-state index contributed by atoms with van der Waals surface area (Å²) in [4.78, 5) is 21.8. The quantitative estimate of drug-likeness (QED) is 0.313. The molecular formula is C29H23F3N4O3. The third kappa shape index (κ3) is 4.24. The Morgan fingerprint density at radius 2 is 1.85 bits per heavy atom. The second-order valence-electron chi connectivity index (χ2n) is 10.5. The maximum absolute atomic E-state index is 13.7. The third-order valence-electron chi connectivity index (χ3n) is 8.05. The number of nitrogens with zero attached hydrogens (tertiary/aromatic N) is 4. The molecule has 1 aliphatic heterocycles. The van der Waals surface area contributed by atoms with Crippen LogP contribution < -0.4 is 4.90 Å². The Labute approximate surface area is 221 Å². The number of aromatic carboxylic acids is 1. The zero-order valence-electron chi connectivity index (χ0n) is 20.6. The average Bonchev–Trinajstić information content (AvgIpc) is 3.78. The molecule has 2 aromatic heterocycles. The van der Waals surface area contributed by atoms with Crippen molar-refractivity contribution in [3.63, 3.8) is 0 Å². The second-order valence-corrected chi connectivity index (χ2v) is 10.5. The number of anilines is 1. The minimum absolute atomic E-state index is 0.0392. The van der Waals surface area contributed by atoms with E-state index in [-0.39, 0.29) is 22.9 Å². The zero-order chi connectivity index (χ0) is 26.9. The Kier molecular flexibility index (Phi) is 5.30. The fourth-order valence-corrected chi connectivity index (χ4v) is 5.82. The Bertz CT molecular complexity index is 1630. The summed E-state index contributed by atoms with van der Waals surface area (Å²) in [5.74, 6) is 1.02. The largest absolute Gasteiger partial charge is 0.476 e. The van der Waals surface area contributed by atoms with E-state index in [1.807, 2.05) is 18.2 Å². The molecule has 2 atom stereocenters. The molecule has 2 unspecified atom stereocenters. The average molecular weight is 533 g/mol. The summed E-state index contributed by atoms with van der Waals surface area (Å²) in [6.07, 6.45) is 2.72. The molecule has 3 heterocycles. The van der Waals surface area contributed by atoms with Gasteiger partial charge in [-0.05, 0) is 54.9 Å². The standard InChI is InChI=1S/C29H23F3N4O3/c30-29(31,32)22-4-2-1-3-18(22)26-19(27(39-35-26)15-5-6-15)9-8-17-20-13-36(14-21(17)20)16-7-10-23-24(11-16)33-12-25(34-23)28(37)38/h1-4,7-12,15,17,20-21H,5-6,13-14H2,(H,37,38). The first kappa shape index (κ1) is 23.9. The fraction of sp³-hybridized carbons (Fsp3) is 0.310. The predicted molar refractivity (Wildman–Crippen MR) is 137 cm³/mol. The maximum atomic E-state index is 13.7. The van der Waals surface area contributed by atoms with Gasteiger partial charge < -0.3 is 14.5 Å². The van der Waals surface area contributed by atoms with E-state index in [4.69, 9.17) is 9.63 Å². The number of hydrogen-bond donors (Lipinski definition) is 1. The summed E-state index contributed by atoms with van der Waals surface area (Å²) in [7, 11) is 0. The van der Waals surface area contributed by atoms with E-state index in [0.717, 1.165) is 37.7 Å². The van der Waals surface area contributed by atoms with Gasteiger partial charge in [0, 0.05) is 35.8 Å². The van der Waals surface area contributed by atoms with Crippen LogP contribution in [0.3, 0.4) is 0 Å². The SMILES string of the molecule is O=C(O)c1cnc2cc(N3CC4C(C=Cc5c(-c6ccccc6C(F)(F)F)noc5C5CC5)C4C3)ccc2n1. The Hall–Kier alpha value is -4.21. The number of fused-ring (bicyclic) bond motifs is 2. The van der Waals surface area contributed by atoms with Crippen molar-refractivity contribution in [2.45, 2.75) is 24.9 Å². The van der Waals surface area contributed by atoms with Crippen LogP contribution in [0.2, 0.25) is 0 Å². The van der Waals surface area contributed by atoms with Gasteiger partial charge in [0.05, 0.1) is 22.8 Å². The summed E-state index contributed by atoms with van der Waals surface area (Å²) in [6.45, 7) is 1.71. The highest BCUT2D eigenvalue weighted by Gasteiger charge is 2.54. The topological polar surface area (TPSA) is 92.3 Å². The smallest absolute Gasteiger partial charge is 0.417 e. The molecule has 0 amide bonds. The van der Waals surface area contributed by atoms with Crippen LogP contribution in [0.4, 0.5) is 18.9 Å². The number of allylic oxidation sites excluding steroid dienone is 1. The van der Waals surface area contributed by atoms with Crippen LogP contribution >= 0.6 is 0 Å². The van der Waals surface area contributed by atoms with Crippen molar-refractivity contribution >= 4 is 28.8 Å². The van der Waals surface area contributed by atoms with Gasteiger partial charge >= 0.3 is 12.1 Å². The summed E-state index contributed by atoms with van der Waals surface area (Å²) in [5, 5.41) is 13.2. The van der Waals surface area contributed by atoms with Crippen molar-refractivity contribution in [1.29, 1.82) is 0 Å². The molecule has 4 aromatic rings. The van der Waals surface area contributed by atoms with Crippen molar-refractivity contribution in [3.05, 3.63) is 77.3 Å². The second kappa shape index (κ2) is 8.65. The fourth-order valence-electron chi connectivity index (χ4n) is 5.82. The van der Waals surface area contributed by atoms with Crippen molar-refractivity contribution in [1.82, 2.24) is 15.1 Å². The molecule has 0 radical (unpaired) electrons. The van der Waals surface area contributed by atoms with E-state index in [1.54, 1.807) is 12.1 Å². The van der Waals surface area contributed by atoms with Gasteiger partial charge in [-0.3, -0.25) is 4.98 Å². The molecule has 198 valence electrons. The Morgan fingerprint density at radius 3 is 2.56 bits per heavy atom. The van der Waals surface area contributed by atoms with Crippen LogP contribution in [-0.2, 0) is 6.18 Å². The molecule has 7 nitrogen and oxygen atoms in total. The molecule has 1 N–H and O–H groups in total. The lowest BCUT2D eigenvalue weighted by Crippen LogP contribution is -2.23. The number of halogens is 3. The molecule has 0 spiro atoms. The molecule has 3 fully saturated rings. The monoisotopic (exact) mass is 532 g/mol. The molecular weight excluding hydrogens is 509 g/mol. The Balaban J connectivity index is 1.10. The van der Waals surface area contributed by atoms with Crippen molar-refractivity contribution in [3.8, 4) is 11.3 Å². The number of carboxylic acid groups (broad SMARTS) is 1. The van der Waals surface area contributed by atoms with E-state index >= 15 is 0 Å². The summed E-state index contributed by atoms with van der Waals surface area (Å²) in [5.41, 5.74) is 2.33. The number of carboxylic acids is 1. The van der Waals surface area contributed by atoms with Gasteiger partial charge in [-0.25, -0.2) is 9.78 Å². The van der Waals surface area contributed by atoms with Crippen LogP contribution in [0, 0.1) is 17.8 Å². The first-order chi connectivity index (χ1) is 18.8. The number of piperidine rings is 1. The van der Waals surface area contributed by atoms with E-state index in [9.17, 15) is 18.0 Å². The normalized spacial score (nSPS) is 22.5. The van der Waals surface area contributed by atoms with Crippen LogP contribution in [0.15, 0.2) is 59.3 Å². The number of benzene rings is 2. The Morgan fingerprint density at radius 1 is 1.08 bits per heavy atom. The van der Waals surface area contributed by atoms with Crippen LogP contribution in [0.5, 0.6) is 0 Å². The van der Waals surface area contributed by atoms with Gasteiger partial charge in [0.25, 0.3) is 0 Å². The van der Waals surface area contributed by atoms with E-state index in [0.29, 0.717) is 40.1 Å². The van der Waals surface area contributed by atoms with Crippen molar-refractivity contribution < 1.29 is 27.6 Å². The molecule has 0 bridgehead atoms. The highest BCUT2D eigenvalue weighted by atomic mass is 19.4. The zero-order valence-corrected chi connectivity index (χ0v) is 20.6. The molecule has 2 saturated carbocycles. The van der Waals surface area contributed by atoms with Gasteiger partial charge in [-0.2, -0.15) is 13.2 Å². The van der Waals surface area contributed by atoms with Gasteiger partial charge in [0.2, 0.25) is 0 Å². The van der Waals surface area contributed by atoms with Crippen molar-refractivity contribution in [2.24, 2.45) is 17.8 Å².